The van der Waals surface area contributed by atoms with Crippen LogP contribution < -0.4 is 0 Å². The number of aromatic nitrogens is 5. The summed E-state index contributed by atoms with van der Waals surface area (Å²) in [4.78, 5) is 0. The van der Waals surface area contributed by atoms with Gasteiger partial charge in [0.1, 0.15) is 6.10 Å². The summed E-state index contributed by atoms with van der Waals surface area (Å²) in [6.07, 6.45) is 2.56. The van der Waals surface area contributed by atoms with Crippen molar-refractivity contribution < 1.29 is 5.11 Å². The Labute approximate surface area is 113 Å². The fraction of sp³-hybridized carbons (Fsp3) is 0.615. The highest BCUT2D eigenvalue weighted by atomic mass is 16.3. The highest BCUT2D eigenvalue weighted by Crippen LogP contribution is 2.21. The number of aliphatic hydroxyl groups excluding tert-OH is 1. The van der Waals surface area contributed by atoms with Crippen molar-refractivity contribution in [2.45, 2.75) is 46.3 Å². The summed E-state index contributed by atoms with van der Waals surface area (Å²) in [5, 5.41) is 22.7. The quantitative estimate of drug-likeness (QED) is 0.883. The second-order valence-electron chi connectivity index (χ2n) is 4.87. The molecule has 2 aromatic rings. The molecule has 6 nitrogen and oxygen atoms in total. The Balaban J connectivity index is 2.20. The first-order valence-electron chi connectivity index (χ1n) is 6.60. The van der Waals surface area contributed by atoms with Crippen molar-refractivity contribution in [2.75, 3.05) is 0 Å². The van der Waals surface area contributed by atoms with Gasteiger partial charge in [0.2, 0.25) is 0 Å². The number of hydrogen-bond acceptors (Lipinski definition) is 4. The Morgan fingerprint density at radius 1 is 1.37 bits per heavy atom. The largest absolute Gasteiger partial charge is 0.386 e. The number of hydrogen-bond donors (Lipinski definition) is 1. The van der Waals surface area contributed by atoms with Crippen molar-refractivity contribution in [3.8, 4) is 0 Å². The highest BCUT2D eigenvalue weighted by molar-refractivity contribution is 5.26. The van der Waals surface area contributed by atoms with Crippen LogP contribution in [0.3, 0.4) is 0 Å². The molecule has 1 N–H and O–H groups in total. The molecule has 2 rings (SSSR count). The van der Waals surface area contributed by atoms with Crippen molar-refractivity contribution in [1.82, 2.24) is 24.8 Å². The van der Waals surface area contributed by atoms with E-state index in [1.807, 2.05) is 25.6 Å². The van der Waals surface area contributed by atoms with Gasteiger partial charge in [-0.1, -0.05) is 12.1 Å². The van der Waals surface area contributed by atoms with Crippen LogP contribution in [0.4, 0.5) is 0 Å². The van der Waals surface area contributed by atoms with E-state index in [0.717, 1.165) is 35.6 Å². The zero-order chi connectivity index (χ0) is 14.0. The van der Waals surface area contributed by atoms with Gasteiger partial charge in [-0.2, -0.15) is 5.10 Å². The van der Waals surface area contributed by atoms with E-state index in [2.05, 4.69) is 22.3 Å². The van der Waals surface area contributed by atoms with E-state index >= 15 is 0 Å². The monoisotopic (exact) mass is 263 g/mol. The molecule has 0 aliphatic heterocycles. The average Bonchev–Trinajstić information content (AvgIpc) is 2.91. The molecule has 19 heavy (non-hydrogen) atoms. The van der Waals surface area contributed by atoms with Crippen LogP contribution >= 0.6 is 0 Å². The first-order chi connectivity index (χ1) is 9.04. The molecule has 0 saturated carbocycles. The second kappa shape index (κ2) is 5.52. The molecule has 1 unspecified atom stereocenters. The van der Waals surface area contributed by atoms with Gasteiger partial charge in [-0.05, 0) is 25.8 Å². The summed E-state index contributed by atoms with van der Waals surface area (Å²) < 4.78 is 3.62. The van der Waals surface area contributed by atoms with Crippen LogP contribution in [0.15, 0.2) is 6.20 Å². The molecule has 104 valence electrons. The molecule has 0 fully saturated rings. The van der Waals surface area contributed by atoms with Crippen molar-refractivity contribution >= 4 is 0 Å². The lowest BCUT2D eigenvalue weighted by Gasteiger charge is -2.12. The lowest BCUT2D eigenvalue weighted by atomic mass is 10.0. The van der Waals surface area contributed by atoms with E-state index < -0.39 is 6.10 Å². The van der Waals surface area contributed by atoms with Crippen molar-refractivity contribution in [1.29, 1.82) is 0 Å². The smallest absolute Gasteiger partial charge is 0.101 e. The molecule has 2 aromatic heterocycles. The van der Waals surface area contributed by atoms with Gasteiger partial charge in [0.15, 0.2) is 0 Å². The molecule has 0 saturated heterocycles. The third-order valence-electron chi connectivity index (χ3n) is 3.48. The van der Waals surface area contributed by atoms with Gasteiger partial charge >= 0.3 is 0 Å². The minimum atomic E-state index is -0.594. The maximum absolute atomic E-state index is 10.4. The number of nitrogens with zero attached hydrogens (tertiary/aromatic N) is 5. The normalized spacial score (nSPS) is 12.9. The van der Waals surface area contributed by atoms with Crippen molar-refractivity contribution in [2.24, 2.45) is 7.05 Å². The van der Waals surface area contributed by atoms with Gasteiger partial charge < -0.3 is 5.11 Å². The van der Waals surface area contributed by atoms with Crippen LogP contribution in [0, 0.1) is 13.8 Å². The molecule has 2 heterocycles. The zero-order valence-electron chi connectivity index (χ0n) is 12.0. The molecule has 1 atom stereocenters. The standard InChI is InChI=1S/C13H21N5O/c1-5-6-18-12(8-14-16-18)13(19)7-11-9(2)15-17(4)10(11)3/h8,13,19H,5-7H2,1-4H3. The molecular formula is C13H21N5O. The lowest BCUT2D eigenvalue weighted by molar-refractivity contribution is 0.166. The van der Waals surface area contributed by atoms with Crippen LogP contribution in [0.25, 0.3) is 0 Å². The SMILES string of the molecule is CCCn1nncc1C(O)Cc1c(C)nn(C)c1C. The summed E-state index contributed by atoms with van der Waals surface area (Å²) in [6.45, 7) is 6.84. The van der Waals surface area contributed by atoms with Crippen LogP contribution in [-0.4, -0.2) is 29.9 Å². The van der Waals surface area contributed by atoms with Gasteiger partial charge in [-0.15, -0.1) is 5.10 Å². The highest BCUT2D eigenvalue weighted by Gasteiger charge is 2.19. The maximum Gasteiger partial charge on any atom is 0.101 e. The van der Waals surface area contributed by atoms with Crippen LogP contribution in [0.5, 0.6) is 0 Å². The molecule has 6 heteroatoms. The summed E-state index contributed by atoms with van der Waals surface area (Å²) in [5.74, 6) is 0. The van der Waals surface area contributed by atoms with E-state index in [-0.39, 0.29) is 0 Å². The average molecular weight is 263 g/mol. The Bertz CT molecular complexity index is 557. The molecule has 0 aliphatic carbocycles. The molecule has 0 bridgehead atoms. The Hall–Kier alpha value is -1.69. The van der Waals surface area contributed by atoms with Gasteiger partial charge in [-0.3, -0.25) is 4.68 Å². The summed E-state index contributed by atoms with van der Waals surface area (Å²) in [7, 11) is 1.92. The minimum Gasteiger partial charge on any atom is -0.386 e. The Kier molecular flexibility index (Phi) is 3.99. The molecular weight excluding hydrogens is 242 g/mol. The predicted molar refractivity (Wildman–Crippen MR) is 71.7 cm³/mol. The fourth-order valence-corrected chi connectivity index (χ4v) is 2.32. The summed E-state index contributed by atoms with van der Waals surface area (Å²) in [6, 6.07) is 0. The van der Waals surface area contributed by atoms with E-state index in [9.17, 15) is 5.11 Å². The van der Waals surface area contributed by atoms with E-state index in [1.54, 1.807) is 10.9 Å². The van der Waals surface area contributed by atoms with Gasteiger partial charge in [0, 0.05) is 25.7 Å². The van der Waals surface area contributed by atoms with Gasteiger partial charge in [0.05, 0.1) is 17.6 Å². The molecule has 0 aromatic carbocycles. The van der Waals surface area contributed by atoms with Crippen molar-refractivity contribution in [3.05, 3.63) is 28.8 Å². The van der Waals surface area contributed by atoms with Crippen LogP contribution in [0.2, 0.25) is 0 Å². The lowest BCUT2D eigenvalue weighted by Crippen LogP contribution is -2.11. The number of rotatable bonds is 5. The Morgan fingerprint density at radius 2 is 2.11 bits per heavy atom. The van der Waals surface area contributed by atoms with Crippen LogP contribution in [0.1, 0.15) is 42.1 Å². The summed E-state index contributed by atoms with van der Waals surface area (Å²) >= 11 is 0. The van der Waals surface area contributed by atoms with E-state index in [0.29, 0.717) is 6.42 Å². The number of aliphatic hydroxyl groups is 1. The third kappa shape index (κ3) is 2.68. The molecule has 0 spiro atoms. The topological polar surface area (TPSA) is 68.8 Å². The van der Waals surface area contributed by atoms with E-state index in [1.165, 1.54) is 0 Å². The minimum absolute atomic E-state index is 0.544. The van der Waals surface area contributed by atoms with E-state index in [4.69, 9.17) is 0 Å². The van der Waals surface area contributed by atoms with Crippen molar-refractivity contribution in [3.63, 3.8) is 0 Å². The second-order valence-corrected chi connectivity index (χ2v) is 4.87. The molecule has 0 aliphatic rings. The maximum atomic E-state index is 10.4. The Morgan fingerprint density at radius 3 is 2.68 bits per heavy atom. The van der Waals surface area contributed by atoms with Gasteiger partial charge in [-0.25, -0.2) is 4.68 Å². The number of aryl methyl sites for hydroxylation is 3. The van der Waals surface area contributed by atoms with Gasteiger partial charge in [0.25, 0.3) is 0 Å². The summed E-state index contributed by atoms with van der Waals surface area (Å²) in [5.41, 5.74) is 3.92. The first-order valence-corrected chi connectivity index (χ1v) is 6.60. The fourth-order valence-electron chi connectivity index (χ4n) is 2.32. The third-order valence-corrected chi connectivity index (χ3v) is 3.48. The molecule has 0 radical (unpaired) electrons. The predicted octanol–water partition coefficient (Wildman–Crippen LogP) is 1.31. The van der Waals surface area contributed by atoms with Crippen LogP contribution in [-0.2, 0) is 20.0 Å². The molecule has 0 amide bonds. The first kappa shape index (κ1) is 13.7. The zero-order valence-corrected chi connectivity index (χ0v) is 12.0.